The first-order valence-corrected chi connectivity index (χ1v) is 17.0. The van der Waals surface area contributed by atoms with Crippen molar-refractivity contribution in [2.45, 2.75) is 150 Å². The van der Waals surface area contributed by atoms with Gasteiger partial charge >= 0.3 is 0 Å². The number of aliphatic hydroxyl groups excluding tert-OH is 5. The summed E-state index contributed by atoms with van der Waals surface area (Å²) in [5.74, 6) is 1.48. The maximum atomic E-state index is 12.0. The van der Waals surface area contributed by atoms with E-state index in [-0.39, 0.29) is 39.8 Å². The highest BCUT2D eigenvalue weighted by molar-refractivity contribution is 5.23. The number of rotatable bonds is 6. The lowest BCUT2D eigenvalue weighted by Crippen LogP contribution is -2.67. The van der Waals surface area contributed by atoms with E-state index in [1.165, 1.54) is 11.1 Å². The Bertz CT molecular complexity index is 1080. The Balaban J connectivity index is 1.38. The molecular weight excluding hydrogens is 544 g/mol. The third-order valence-corrected chi connectivity index (χ3v) is 14.0. The van der Waals surface area contributed by atoms with E-state index in [2.05, 4.69) is 67.5 Å². The third-order valence-electron chi connectivity index (χ3n) is 14.0. The molecule has 43 heavy (non-hydrogen) atoms. The molecule has 7 heteroatoms. The molecule has 4 saturated carbocycles. The predicted octanol–water partition coefficient (Wildman–Crippen LogP) is 5.13. The first-order chi connectivity index (χ1) is 20.0. The molecule has 0 spiro atoms. The van der Waals surface area contributed by atoms with Crippen molar-refractivity contribution < 1.29 is 35.0 Å². The molecule has 14 atom stereocenters. The predicted molar refractivity (Wildman–Crippen MR) is 167 cm³/mol. The Kier molecular flexibility index (Phi) is 9.19. The molecule has 0 aromatic carbocycles. The summed E-state index contributed by atoms with van der Waals surface area (Å²) in [7, 11) is 0. The molecule has 5 aliphatic rings. The van der Waals surface area contributed by atoms with Crippen LogP contribution in [0.15, 0.2) is 23.3 Å². The van der Waals surface area contributed by atoms with Crippen molar-refractivity contribution in [2.75, 3.05) is 6.61 Å². The molecule has 0 aromatic heterocycles. The topological polar surface area (TPSA) is 120 Å². The molecule has 4 aliphatic carbocycles. The van der Waals surface area contributed by atoms with Crippen molar-refractivity contribution in [3.63, 3.8) is 0 Å². The van der Waals surface area contributed by atoms with Gasteiger partial charge in [-0.25, -0.2) is 0 Å². The van der Waals surface area contributed by atoms with Crippen molar-refractivity contribution in [1.82, 2.24) is 0 Å². The highest BCUT2D eigenvalue weighted by Gasteiger charge is 2.70. The second-order valence-electron chi connectivity index (χ2n) is 16.6. The zero-order valence-electron chi connectivity index (χ0n) is 27.9. The summed E-state index contributed by atoms with van der Waals surface area (Å²) in [6, 6.07) is 0. The van der Waals surface area contributed by atoms with Crippen LogP contribution in [0, 0.1) is 45.3 Å². The summed E-state index contributed by atoms with van der Waals surface area (Å²) in [5.41, 5.74) is 2.80. The van der Waals surface area contributed by atoms with E-state index in [4.69, 9.17) is 9.47 Å². The van der Waals surface area contributed by atoms with E-state index in [1.807, 2.05) is 0 Å². The summed E-state index contributed by atoms with van der Waals surface area (Å²) in [4.78, 5) is 0. The molecule has 0 amide bonds. The van der Waals surface area contributed by atoms with Gasteiger partial charge in [0.2, 0.25) is 0 Å². The highest BCUT2D eigenvalue weighted by Crippen LogP contribution is 2.75. The number of hydrogen-bond donors (Lipinski definition) is 5. The van der Waals surface area contributed by atoms with Gasteiger partial charge in [0.05, 0.1) is 18.8 Å². The van der Waals surface area contributed by atoms with E-state index >= 15 is 0 Å². The summed E-state index contributed by atoms with van der Waals surface area (Å²) < 4.78 is 12.2. The lowest BCUT2D eigenvalue weighted by Gasteiger charge is -2.70. The van der Waals surface area contributed by atoms with Crippen molar-refractivity contribution >= 4 is 0 Å². The quantitative estimate of drug-likeness (QED) is 0.211. The number of aliphatic hydroxyl groups is 5. The number of ether oxygens (including phenoxy) is 2. The van der Waals surface area contributed by atoms with Gasteiger partial charge < -0.3 is 35.0 Å². The van der Waals surface area contributed by atoms with Crippen molar-refractivity contribution in [1.29, 1.82) is 0 Å². The van der Waals surface area contributed by atoms with Gasteiger partial charge in [-0.05, 0) is 117 Å². The van der Waals surface area contributed by atoms with Crippen LogP contribution in [0.3, 0.4) is 0 Å². The maximum Gasteiger partial charge on any atom is 0.186 e. The summed E-state index contributed by atoms with van der Waals surface area (Å²) >= 11 is 0. The van der Waals surface area contributed by atoms with Crippen LogP contribution in [0.2, 0.25) is 0 Å². The fourth-order valence-electron chi connectivity index (χ4n) is 11.5. The fourth-order valence-corrected chi connectivity index (χ4v) is 11.5. The summed E-state index contributed by atoms with van der Waals surface area (Å²) in [6.45, 7) is 18.2. The Morgan fingerprint density at radius 2 is 1.49 bits per heavy atom. The summed E-state index contributed by atoms with van der Waals surface area (Å²) in [6.07, 6.45) is 5.90. The number of hydrogen-bond acceptors (Lipinski definition) is 7. The van der Waals surface area contributed by atoms with E-state index < -0.39 is 37.3 Å². The van der Waals surface area contributed by atoms with Gasteiger partial charge in [-0.2, -0.15) is 0 Å². The zero-order chi connectivity index (χ0) is 31.7. The Morgan fingerprint density at radius 1 is 0.814 bits per heavy atom. The molecule has 1 heterocycles. The van der Waals surface area contributed by atoms with Gasteiger partial charge in [0, 0.05) is 0 Å². The molecule has 0 radical (unpaired) electrons. The maximum absolute atomic E-state index is 12.0. The largest absolute Gasteiger partial charge is 0.394 e. The van der Waals surface area contributed by atoms with Crippen LogP contribution in [0.4, 0.5) is 0 Å². The van der Waals surface area contributed by atoms with Crippen LogP contribution < -0.4 is 0 Å². The average molecular weight is 605 g/mol. The van der Waals surface area contributed by atoms with Gasteiger partial charge in [0.25, 0.3) is 0 Å². The minimum Gasteiger partial charge on any atom is -0.394 e. The lowest BCUT2D eigenvalue weighted by atomic mass is 9.35. The van der Waals surface area contributed by atoms with Gasteiger partial charge in [-0.3, -0.25) is 0 Å². The van der Waals surface area contributed by atoms with Crippen molar-refractivity contribution in [3.8, 4) is 0 Å². The fraction of sp³-hybridized carbons (Fsp3) is 0.889. The van der Waals surface area contributed by atoms with Crippen LogP contribution in [-0.4, -0.2) is 75.1 Å². The van der Waals surface area contributed by atoms with E-state index in [9.17, 15) is 25.5 Å². The third kappa shape index (κ3) is 5.21. The van der Waals surface area contributed by atoms with Crippen LogP contribution in [0.5, 0.6) is 0 Å². The molecule has 5 fully saturated rings. The Hall–Kier alpha value is -0.800. The summed E-state index contributed by atoms with van der Waals surface area (Å²) in [5, 5.41) is 52.9. The van der Waals surface area contributed by atoms with Crippen molar-refractivity contribution in [3.05, 3.63) is 23.3 Å². The molecule has 7 nitrogen and oxygen atoms in total. The van der Waals surface area contributed by atoms with Crippen molar-refractivity contribution in [2.24, 2.45) is 45.3 Å². The second kappa shape index (κ2) is 11.8. The smallest absolute Gasteiger partial charge is 0.186 e. The van der Waals surface area contributed by atoms with E-state index in [0.29, 0.717) is 17.8 Å². The Labute approximate surface area is 259 Å². The zero-order valence-corrected chi connectivity index (χ0v) is 27.9. The lowest BCUT2D eigenvalue weighted by molar-refractivity contribution is -0.331. The minimum atomic E-state index is -1.44. The minimum absolute atomic E-state index is 0.0348. The first kappa shape index (κ1) is 33.6. The number of allylic oxidation sites excluding steroid dienone is 4. The number of fused-ring (bicyclic) bond motifs is 5. The van der Waals surface area contributed by atoms with Crippen LogP contribution in [0.25, 0.3) is 0 Å². The van der Waals surface area contributed by atoms with Crippen LogP contribution in [0.1, 0.15) is 107 Å². The normalized spacial score (nSPS) is 51.3. The molecular formula is C36H60O7. The molecule has 246 valence electrons. The molecule has 5 N–H and O–H groups in total. The SMILES string of the molecule is CC(C)=CC/C=C(/C)[C@H]1CC[C@@]2(C)[C@@H]1[C@@H](O)C[C@@H]1[C@@]3(C)CC[C@@H](O[C@@H]4O[C@H](CO)[C@@H](O)[C@H](O)[C@H]4O)C(C)(C)[C@@H]3CC[C@]12C. The average Bonchev–Trinajstić information content (AvgIpc) is 3.31. The molecule has 1 aliphatic heterocycles. The molecule has 1 saturated heterocycles. The Morgan fingerprint density at radius 3 is 2.14 bits per heavy atom. The first-order valence-electron chi connectivity index (χ1n) is 17.0. The van der Waals surface area contributed by atoms with E-state index in [0.717, 1.165) is 51.4 Å². The van der Waals surface area contributed by atoms with Crippen LogP contribution >= 0.6 is 0 Å². The highest BCUT2D eigenvalue weighted by atomic mass is 16.7. The monoisotopic (exact) mass is 604 g/mol. The molecule has 5 rings (SSSR count). The van der Waals surface area contributed by atoms with Gasteiger partial charge in [0.15, 0.2) is 6.29 Å². The molecule has 0 bridgehead atoms. The molecule has 0 aromatic rings. The van der Waals surface area contributed by atoms with Gasteiger partial charge in [-0.15, -0.1) is 0 Å². The standard InChI is InChI=1S/C36H60O7/c1-20(2)10-9-11-21(3)22-12-16-36(8)28(22)23(38)18-26-34(6)15-14-27(33(4,5)25(34)13-17-35(26,36)7)43-32-31(41)30(40)29(39)24(19-37)42-32/h10-11,22-32,37-41H,9,12-19H2,1-8H3/b21-11-/t22-,23+,24-,25+,26-,27-,28+,29-,30+,31-,32+,34+,35-,36+/m1/s1. The van der Waals surface area contributed by atoms with E-state index in [1.54, 1.807) is 0 Å². The molecule has 0 unspecified atom stereocenters. The van der Waals surface area contributed by atoms with Gasteiger partial charge in [-0.1, -0.05) is 57.9 Å². The van der Waals surface area contributed by atoms with Gasteiger partial charge in [0.1, 0.15) is 24.4 Å². The van der Waals surface area contributed by atoms with Crippen LogP contribution in [-0.2, 0) is 9.47 Å². The second-order valence-corrected chi connectivity index (χ2v) is 16.6.